The Hall–Kier alpha value is -0.980. The number of hydrogen-bond acceptors (Lipinski definition) is 3. The van der Waals surface area contributed by atoms with E-state index in [0.717, 1.165) is 0 Å². The predicted molar refractivity (Wildman–Crippen MR) is 75.3 cm³/mol. The molecule has 1 aromatic heterocycles. The maximum atomic E-state index is 12.5. The number of anilines is 1. The minimum absolute atomic E-state index is 0.0860. The number of hydrogen-bond donors (Lipinski definition) is 0. The highest BCUT2D eigenvalue weighted by molar-refractivity contribution is 9.09. The van der Waals surface area contributed by atoms with Crippen molar-refractivity contribution in [3.05, 3.63) is 22.7 Å². The van der Waals surface area contributed by atoms with E-state index in [1.54, 1.807) is 6.20 Å². The minimum atomic E-state index is -2.50. The largest absolute Gasteiger partial charge is 0.345 e. The third-order valence-corrected chi connectivity index (χ3v) is 2.82. The van der Waals surface area contributed by atoms with E-state index in [1.807, 2.05) is 13.8 Å². The Balaban J connectivity index is 3.05. The average Bonchev–Trinajstić information content (AvgIpc) is 2.30. The SMILES string of the molecule is CC(C)Cn1ccnc(N(CCBr)CC(F)F)c1=O. The van der Waals surface area contributed by atoms with Gasteiger partial charge < -0.3 is 9.47 Å². The maximum Gasteiger partial charge on any atom is 0.293 e. The van der Waals surface area contributed by atoms with Gasteiger partial charge in [0.25, 0.3) is 12.0 Å². The van der Waals surface area contributed by atoms with E-state index in [1.165, 1.54) is 15.7 Å². The molecular weight excluding hydrogens is 320 g/mol. The van der Waals surface area contributed by atoms with Gasteiger partial charge in [0.15, 0.2) is 5.82 Å². The monoisotopic (exact) mass is 337 g/mol. The molecule has 19 heavy (non-hydrogen) atoms. The van der Waals surface area contributed by atoms with Crippen LogP contribution in [0.5, 0.6) is 0 Å². The molecule has 0 atom stereocenters. The van der Waals surface area contributed by atoms with Crippen molar-refractivity contribution in [2.45, 2.75) is 26.8 Å². The van der Waals surface area contributed by atoms with Crippen LogP contribution in [0.1, 0.15) is 13.8 Å². The molecule has 0 unspecified atom stereocenters. The fourth-order valence-electron chi connectivity index (χ4n) is 1.74. The molecule has 108 valence electrons. The minimum Gasteiger partial charge on any atom is -0.345 e. The van der Waals surface area contributed by atoms with E-state index in [0.29, 0.717) is 24.3 Å². The van der Waals surface area contributed by atoms with Gasteiger partial charge in [0.05, 0.1) is 6.54 Å². The number of rotatable bonds is 7. The van der Waals surface area contributed by atoms with Gasteiger partial charge in [-0.25, -0.2) is 13.8 Å². The lowest BCUT2D eigenvalue weighted by molar-refractivity contribution is 0.155. The van der Waals surface area contributed by atoms with Crippen molar-refractivity contribution < 1.29 is 8.78 Å². The maximum absolute atomic E-state index is 12.5. The van der Waals surface area contributed by atoms with Crippen LogP contribution in [0.25, 0.3) is 0 Å². The van der Waals surface area contributed by atoms with E-state index >= 15 is 0 Å². The Bertz CT molecular complexity index is 451. The lowest BCUT2D eigenvalue weighted by Gasteiger charge is -2.22. The van der Waals surface area contributed by atoms with Crippen LogP contribution in [0.3, 0.4) is 0 Å². The molecule has 0 fully saturated rings. The standard InChI is InChI=1S/C12H18BrF2N3O/c1-9(2)7-18-6-4-16-11(12(18)19)17(5-3-13)8-10(14)15/h4,6,9-10H,3,5,7-8H2,1-2H3. The van der Waals surface area contributed by atoms with E-state index in [9.17, 15) is 13.6 Å². The molecule has 0 N–H and O–H groups in total. The van der Waals surface area contributed by atoms with Crippen molar-refractivity contribution in [1.82, 2.24) is 9.55 Å². The van der Waals surface area contributed by atoms with Crippen LogP contribution in [-0.2, 0) is 6.54 Å². The van der Waals surface area contributed by atoms with Crippen LogP contribution in [-0.4, -0.2) is 34.4 Å². The Morgan fingerprint density at radius 3 is 2.68 bits per heavy atom. The molecule has 0 saturated heterocycles. The normalized spacial score (nSPS) is 11.3. The molecule has 0 aliphatic carbocycles. The second kappa shape index (κ2) is 7.57. The zero-order valence-corrected chi connectivity index (χ0v) is 12.6. The molecular formula is C12H18BrF2N3O. The van der Waals surface area contributed by atoms with Gasteiger partial charge in [0.2, 0.25) is 0 Å². The molecule has 0 bridgehead atoms. The fourth-order valence-corrected chi connectivity index (χ4v) is 2.17. The summed E-state index contributed by atoms with van der Waals surface area (Å²) in [5.74, 6) is 0.385. The first-order valence-electron chi connectivity index (χ1n) is 6.10. The van der Waals surface area contributed by atoms with Crippen molar-refractivity contribution in [3.8, 4) is 0 Å². The molecule has 1 heterocycles. The number of aromatic nitrogens is 2. The molecule has 0 radical (unpaired) electrons. The third-order valence-electron chi connectivity index (χ3n) is 2.47. The lowest BCUT2D eigenvalue weighted by Crippen LogP contribution is -2.38. The number of halogens is 3. The predicted octanol–water partition coefficient (Wildman–Crippen LogP) is 2.37. The van der Waals surface area contributed by atoms with Crippen LogP contribution >= 0.6 is 15.9 Å². The average molecular weight is 338 g/mol. The van der Waals surface area contributed by atoms with Gasteiger partial charge in [-0.3, -0.25) is 4.79 Å². The van der Waals surface area contributed by atoms with Crippen molar-refractivity contribution >= 4 is 21.7 Å². The van der Waals surface area contributed by atoms with Gasteiger partial charge in [-0.05, 0) is 5.92 Å². The number of alkyl halides is 3. The van der Waals surface area contributed by atoms with Gasteiger partial charge in [-0.2, -0.15) is 0 Å². The highest BCUT2D eigenvalue weighted by atomic mass is 79.9. The van der Waals surface area contributed by atoms with Gasteiger partial charge in [0, 0.05) is 30.8 Å². The summed E-state index contributed by atoms with van der Waals surface area (Å²) in [5, 5.41) is 0.500. The van der Waals surface area contributed by atoms with E-state index < -0.39 is 13.0 Å². The first kappa shape index (κ1) is 16.1. The summed E-state index contributed by atoms with van der Waals surface area (Å²) in [4.78, 5) is 17.5. The second-order valence-electron chi connectivity index (χ2n) is 4.63. The Morgan fingerprint density at radius 2 is 2.16 bits per heavy atom. The fraction of sp³-hybridized carbons (Fsp3) is 0.667. The topological polar surface area (TPSA) is 38.1 Å². The molecule has 7 heteroatoms. The Kier molecular flexibility index (Phi) is 6.41. The van der Waals surface area contributed by atoms with Gasteiger partial charge in [-0.15, -0.1) is 0 Å². The molecule has 1 rings (SSSR count). The smallest absolute Gasteiger partial charge is 0.293 e. The van der Waals surface area contributed by atoms with Crippen LogP contribution in [0, 0.1) is 5.92 Å². The molecule has 0 aromatic carbocycles. The van der Waals surface area contributed by atoms with E-state index in [4.69, 9.17) is 0 Å². The summed E-state index contributed by atoms with van der Waals surface area (Å²) < 4.78 is 26.6. The van der Waals surface area contributed by atoms with Crippen LogP contribution in [0.2, 0.25) is 0 Å². The second-order valence-corrected chi connectivity index (χ2v) is 5.42. The molecule has 1 aromatic rings. The quantitative estimate of drug-likeness (QED) is 0.717. The first-order valence-corrected chi connectivity index (χ1v) is 7.22. The third kappa shape index (κ3) is 4.89. The molecule has 0 spiro atoms. The molecule has 4 nitrogen and oxygen atoms in total. The number of nitrogens with zero attached hydrogens (tertiary/aromatic N) is 3. The highest BCUT2D eigenvalue weighted by Gasteiger charge is 2.17. The summed E-state index contributed by atoms with van der Waals surface area (Å²) in [6.07, 6.45) is 0.561. The summed E-state index contributed by atoms with van der Waals surface area (Å²) in [7, 11) is 0. The lowest BCUT2D eigenvalue weighted by atomic mass is 10.2. The van der Waals surface area contributed by atoms with E-state index in [-0.39, 0.29) is 11.4 Å². The van der Waals surface area contributed by atoms with Crippen molar-refractivity contribution in [3.63, 3.8) is 0 Å². The molecule has 0 aliphatic heterocycles. The molecule has 0 amide bonds. The van der Waals surface area contributed by atoms with Crippen molar-refractivity contribution in [2.24, 2.45) is 5.92 Å². The highest BCUT2D eigenvalue weighted by Crippen LogP contribution is 2.08. The van der Waals surface area contributed by atoms with Gasteiger partial charge >= 0.3 is 0 Å². The molecule has 0 saturated carbocycles. The summed E-state index contributed by atoms with van der Waals surface area (Å²) in [6, 6.07) is 0. The van der Waals surface area contributed by atoms with Crippen molar-refractivity contribution in [1.29, 1.82) is 0 Å². The zero-order chi connectivity index (χ0) is 14.4. The Morgan fingerprint density at radius 1 is 1.47 bits per heavy atom. The van der Waals surface area contributed by atoms with Gasteiger partial charge in [0.1, 0.15) is 0 Å². The molecule has 0 aliphatic rings. The van der Waals surface area contributed by atoms with Crippen LogP contribution in [0.15, 0.2) is 17.2 Å². The summed E-state index contributed by atoms with van der Waals surface area (Å²) >= 11 is 3.20. The summed E-state index contributed by atoms with van der Waals surface area (Å²) in [5.41, 5.74) is -0.321. The zero-order valence-electron chi connectivity index (χ0n) is 11.0. The first-order chi connectivity index (χ1) is 8.95. The van der Waals surface area contributed by atoms with Crippen LogP contribution < -0.4 is 10.5 Å². The Labute approximate surface area is 119 Å². The van der Waals surface area contributed by atoms with E-state index in [2.05, 4.69) is 20.9 Å². The van der Waals surface area contributed by atoms with Gasteiger partial charge in [-0.1, -0.05) is 29.8 Å². The van der Waals surface area contributed by atoms with Crippen LogP contribution in [0.4, 0.5) is 14.6 Å². The van der Waals surface area contributed by atoms with Crippen molar-refractivity contribution in [2.75, 3.05) is 23.3 Å². The summed E-state index contributed by atoms with van der Waals surface area (Å²) in [6.45, 7) is 4.35.